The summed E-state index contributed by atoms with van der Waals surface area (Å²) >= 11 is 0. The molecular formula is C23H26F2N8. The number of benzene rings is 1. The molecule has 4 rings (SSSR count). The highest BCUT2D eigenvalue weighted by molar-refractivity contribution is 6.09. The van der Waals surface area contributed by atoms with Gasteiger partial charge in [-0.25, -0.2) is 18.7 Å². The summed E-state index contributed by atoms with van der Waals surface area (Å²) in [6.07, 6.45) is 7.89. The minimum Gasteiger partial charge on any atom is -0.404 e. The maximum Gasteiger partial charge on any atom is 0.266 e. The number of aliphatic imine (C=N–C) groups is 1. The summed E-state index contributed by atoms with van der Waals surface area (Å²) in [5.74, 6) is -2.10. The second kappa shape index (κ2) is 9.07. The maximum absolute atomic E-state index is 14.4. The van der Waals surface area contributed by atoms with Crippen molar-refractivity contribution in [1.29, 1.82) is 0 Å². The van der Waals surface area contributed by atoms with Crippen molar-refractivity contribution in [3.05, 3.63) is 54.6 Å². The Hall–Kier alpha value is -3.66. The Morgan fingerprint density at radius 1 is 1.27 bits per heavy atom. The average Bonchev–Trinajstić information content (AvgIpc) is 3.22. The Bertz CT molecular complexity index is 1200. The fourth-order valence-corrected chi connectivity index (χ4v) is 4.01. The van der Waals surface area contributed by atoms with Gasteiger partial charge in [-0.05, 0) is 11.6 Å². The summed E-state index contributed by atoms with van der Waals surface area (Å²) in [4.78, 5) is 14.8. The van der Waals surface area contributed by atoms with Crippen LogP contribution in [0.3, 0.4) is 0 Å². The van der Waals surface area contributed by atoms with Crippen LogP contribution in [-0.4, -0.2) is 58.1 Å². The van der Waals surface area contributed by atoms with Crippen LogP contribution in [0.15, 0.2) is 54.0 Å². The molecule has 1 aliphatic heterocycles. The monoisotopic (exact) mass is 452 g/mol. The van der Waals surface area contributed by atoms with Crippen molar-refractivity contribution in [2.75, 3.05) is 25.0 Å². The summed E-state index contributed by atoms with van der Waals surface area (Å²) in [7, 11) is 3.45. The summed E-state index contributed by atoms with van der Waals surface area (Å²) < 4.78 is 30.4. The van der Waals surface area contributed by atoms with Crippen molar-refractivity contribution in [1.82, 2.24) is 19.7 Å². The highest BCUT2D eigenvalue weighted by Crippen LogP contribution is 2.35. The molecule has 1 atom stereocenters. The van der Waals surface area contributed by atoms with E-state index in [-0.39, 0.29) is 13.0 Å². The molecule has 3 heterocycles. The molecule has 0 saturated carbocycles. The van der Waals surface area contributed by atoms with Gasteiger partial charge < -0.3 is 16.4 Å². The summed E-state index contributed by atoms with van der Waals surface area (Å²) in [5, 5.41) is 4.20. The number of nitrogens with zero attached hydrogens (tertiary/aromatic N) is 6. The Labute approximate surface area is 190 Å². The van der Waals surface area contributed by atoms with Crippen LogP contribution in [0.2, 0.25) is 0 Å². The van der Waals surface area contributed by atoms with E-state index in [2.05, 4.69) is 15.1 Å². The first-order chi connectivity index (χ1) is 15.8. The van der Waals surface area contributed by atoms with Gasteiger partial charge in [-0.2, -0.15) is 5.10 Å². The number of hydrogen-bond acceptors (Lipinski definition) is 7. The number of hydrogen-bond donors (Lipinski definition) is 2. The SMILES string of the molecule is CN=CC(=CN)c1cccc(-c2ncc(-c3cnn(C)c3)c(N3C[C@H](N)CC(F)(F)C3)n2)c1. The van der Waals surface area contributed by atoms with E-state index in [1.165, 1.54) is 6.20 Å². The molecule has 0 spiro atoms. The first-order valence-electron chi connectivity index (χ1n) is 10.5. The van der Waals surface area contributed by atoms with Gasteiger partial charge in [-0.3, -0.25) is 9.67 Å². The van der Waals surface area contributed by atoms with Crippen molar-refractivity contribution in [3.8, 4) is 22.5 Å². The molecule has 3 aromatic rings. The quantitative estimate of drug-likeness (QED) is 0.576. The van der Waals surface area contributed by atoms with Gasteiger partial charge in [0.1, 0.15) is 5.82 Å². The van der Waals surface area contributed by atoms with Crippen molar-refractivity contribution in [2.24, 2.45) is 23.5 Å². The third-order valence-electron chi connectivity index (χ3n) is 5.42. The first-order valence-corrected chi connectivity index (χ1v) is 10.5. The molecule has 10 heteroatoms. The third-order valence-corrected chi connectivity index (χ3v) is 5.42. The minimum atomic E-state index is -2.91. The number of aryl methyl sites for hydroxylation is 1. The lowest BCUT2D eigenvalue weighted by atomic mass is 10.0. The Morgan fingerprint density at radius 2 is 2.09 bits per heavy atom. The van der Waals surface area contributed by atoms with Crippen LogP contribution >= 0.6 is 0 Å². The number of anilines is 1. The van der Waals surface area contributed by atoms with E-state index in [0.717, 1.165) is 22.3 Å². The number of allylic oxidation sites excluding steroid dienone is 1. The van der Waals surface area contributed by atoms with E-state index in [1.54, 1.807) is 48.5 Å². The standard InChI is InChI=1S/C23H26F2N8/c1-28-9-17(8-26)15-4-3-5-16(6-15)21-29-11-20(18-10-30-32(2)12-18)22(31-21)33-13-19(27)7-23(24,25)14-33/h3-6,8-12,19H,7,13-14,26-27H2,1-2H3/t19-/m1/s1. The van der Waals surface area contributed by atoms with E-state index in [1.807, 2.05) is 24.3 Å². The van der Waals surface area contributed by atoms with Crippen molar-refractivity contribution < 1.29 is 8.78 Å². The molecule has 172 valence electrons. The number of halogens is 2. The van der Waals surface area contributed by atoms with Crippen LogP contribution in [0, 0.1) is 0 Å². The van der Waals surface area contributed by atoms with Gasteiger partial charge in [0.05, 0.1) is 12.7 Å². The Kier molecular flexibility index (Phi) is 6.19. The zero-order chi connectivity index (χ0) is 23.6. The fourth-order valence-electron chi connectivity index (χ4n) is 4.01. The maximum atomic E-state index is 14.4. The predicted octanol–water partition coefficient (Wildman–Crippen LogP) is 2.72. The first kappa shape index (κ1) is 22.5. The van der Waals surface area contributed by atoms with E-state index in [9.17, 15) is 8.78 Å². The average molecular weight is 453 g/mol. The van der Waals surface area contributed by atoms with E-state index in [0.29, 0.717) is 17.2 Å². The van der Waals surface area contributed by atoms with Gasteiger partial charge >= 0.3 is 0 Å². The fraction of sp³-hybridized carbons (Fsp3) is 0.304. The lowest BCUT2D eigenvalue weighted by Crippen LogP contribution is -2.53. The number of rotatable bonds is 5. The smallest absolute Gasteiger partial charge is 0.266 e. The van der Waals surface area contributed by atoms with Crippen LogP contribution in [0.5, 0.6) is 0 Å². The molecule has 0 unspecified atom stereocenters. The number of nitrogens with two attached hydrogens (primary N) is 2. The highest BCUT2D eigenvalue weighted by atomic mass is 19.3. The van der Waals surface area contributed by atoms with Gasteiger partial charge in [-0.15, -0.1) is 0 Å². The zero-order valence-electron chi connectivity index (χ0n) is 18.5. The minimum absolute atomic E-state index is 0.270. The van der Waals surface area contributed by atoms with Crippen molar-refractivity contribution in [2.45, 2.75) is 18.4 Å². The van der Waals surface area contributed by atoms with Gasteiger partial charge in [0.15, 0.2) is 5.82 Å². The largest absolute Gasteiger partial charge is 0.404 e. The van der Waals surface area contributed by atoms with Crippen LogP contribution in [0.4, 0.5) is 14.6 Å². The van der Waals surface area contributed by atoms with E-state index < -0.39 is 18.5 Å². The van der Waals surface area contributed by atoms with Crippen LogP contribution < -0.4 is 16.4 Å². The lowest BCUT2D eigenvalue weighted by Gasteiger charge is -2.37. The molecule has 2 aromatic heterocycles. The lowest BCUT2D eigenvalue weighted by molar-refractivity contribution is -0.0173. The molecule has 0 aliphatic carbocycles. The second-order valence-corrected chi connectivity index (χ2v) is 8.12. The van der Waals surface area contributed by atoms with Crippen LogP contribution in [0.1, 0.15) is 12.0 Å². The van der Waals surface area contributed by atoms with Gasteiger partial charge in [0.25, 0.3) is 5.92 Å². The normalized spacial score (nSPS) is 18.8. The second-order valence-electron chi connectivity index (χ2n) is 8.12. The van der Waals surface area contributed by atoms with E-state index in [4.69, 9.17) is 16.5 Å². The molecule has 1 saturated heterocycles. The van der Waals surface area contributed by atoms with Crippen LogP contribution in [-0.2, 0) is 7.05 Å². The molecule has 0 amide bonds. The molecule has 1 fully saturated rings. The molecule has 1 aromatic carbocycles. The molecule has 0 radical (unpaired) electrons. The number of alkyl halides is 2. The highest BCUT2D eigenvalue weighted by Gasteiger charge is 2.40. The summed E-state index contributed by atoms with van der Waals surface area (Å²) in [5.41, 5.74) is 15.4. The predicted molar refractivity (Wildman–Crippen MR) is 126 cm³/mol. The van der Waals surface area contributed by atoms with Crippen molar-refractivity contribution in [3.63, 3.8) is 0 Å². The third kappa shape index (κ3) is 4.90. The van der Waals surface area contributed by atoms with Gasteiger partial charge in [0, 0.05) is 80.2 Å². The molecule has 4 N–H and O–H groups in total. The number of piperidine rings is 1. The molecule has 33 heavy (non-hydrogen) atoms. The zero-order valence-corrected chi connectivity index (χ0v) is 18.5. The summed E-state index contributed by atoms with van der Waals surface area (Å²) in [6, 6.07) is 6.85. The van der Waals surface area contributed by atoms with E-state index >= 15 is 0 Å². The summed E-state index contributed by atoms with van der Waals surface area (Å²) in [6.45, 7) is -0.191. The van der Waals surface area contributed by atoms with Crippen LogP contribution in [0.25, 0.3) is 28.1 Å². The van der Waals surface area contributed by atoms with Gasteiger partial charge in [-0.1, -0.05) is 18.2 Å². The topological polar surface area (TPSA) is 111 Å². The Balaban J connectivity index is 1.81. The molecule has 0 bridgehead atoms. The Morgan fingerprint density at radius 3 is 2.76 bits per heavy atom. The molecule has 1 aliphatic rings. The van der Waals surface area contributed by atoms with Crippen molar-refractivity contribution >= 4 is 17.6 Å². The molecular weight excluding hydrogens is 426 g/mol. The number of aromatic nitrogens is 4. The molecule has 8 nitrogen and oxygen atoms in total. The van der Waals surface area contributed by atoms with Gasteiger partial charge in [0.2, 0.25) is 0 Å².